The summed E-state index contributed by atoms with van der Waals surface area (Å²) < 4.78 is 0. The third-order valence-corrected chi connectivity index (χ3v) is 1.26. The van der Waals surface area contributed by atoms with Crippen molar-refractivity contribution in [3.05, 3.63) is 6.92 Å². The quantitative estimate of drug-likeness (QED) is 0.537. The predicted octanol–water partition coefficient (Wildman–Crippen LogP) is 1.87. The topological polar surface area (TPSA) is 12.0 Å². The molecule has 2 radical (unpaired) electrons. The Morgan fingerprint density at radius 3 is 2.44 bits per heavy atom. The lowest BCUT2D eigenvalue weighted by Gasteiger charge is -1.99. The van der Waals surface area contributed by atoms with Gasteiger partial charge in [0.05, 0.1) is 0 Å². The lowest BCUT2D eigenvalue weighted by molar-refractivity contribution is 0.620. The highest BCUT2D eigenvalue weighted by Crippen LogP contribution is 1.84. The number of rotatable bonds is 6. The number of hydrogen-bond acceptors (Lipinski definition) is 1. The van der Waals surface area contributed by atoms with Crippen LogP contribution in [-0.4, -0.2) is 13.1 Å². The Morgan fingerprint density at radius 2 is 1.89 bits per heavy atom. The van der Waals surface area contributed by atoms with Gasteiger partial charge < -0.3 is 5.32 Å². The Bertz CT molecular complexity index is 37.8. The van der Waals surface area contributed by atoms with Crippen LogP contribution in [0.15, 0.2) is 0 Å². The summed E-state index contributed by atoms with van der Waals surface area (Å²) in [6, 6.07) is 0. The van der Waals surface area contributed by atoms with Crippen molar-refractivity contribution in [2.45, 2.75) is 32.6 Å². The molecule has 0 atom stereocenters. The third-order valence-electron chi connectivity index (χ3n) is 1.26. The fourth-order valence-electron chi connectivity index (χ4n) is 0.654. The summed E-state index contributed by atoms with van der Waals surface area (Å²) in [4.78, 5) is 0. The van der Waals surface area contributed by atoms with Crippen molar-refractivity contribution in [2.75, 3.05) is 13.1 Å². The second-order valence-corrected chi connectivity index (χ2v) is 2.25. The van der Waals surface area contributed by atoms with Crippen LogP contribution in [0.1, 0.15) is 32.6 Å². The molecule has 0 saturated carbocycles. The zero-order valence-electron chi connectivity index (χ0n) is 6.32. The van der Waals surface area contributed by atoms with Crippen LogP contribution in [0.3, 0.4) is 0 Å². The molecule has 0 aliphatic rings. The second-order valence-electron chi connectivity index (χ2n) is 2.25. The van der Waals surface area contributed by atoms with E-state index < -0.39 is 0 Å². The van der Waals surface area contributed by atoms with E-state index in [2.05, 4.69) is 12.2 Å². The summed E-state index contributed by atoms with van der Waals surface area (Å²) in [5.41, 5.74) is 0. The largest absolute Gasteiger partial charge is 0.317 e. The highest BCUT2D eigenvalue weighted by atomic mass is 14.8. The van der Waals surface area contributed by atoms with Crippen molar-refractivity contribution in [1.82, 2.24) is 5.32 Å². The molecule has 0 unspecified atom stereocenters. The number of unbranched alkanes of at least 4 members (excludes halogenated alkanes) is 2. The number of hydrogen-bond donors (Lipinski definition) is 1. The van der Waals surface area contributed by atoms with E-state index in [-0.39, 0.29) is 0 Å². The first-order valence-corrected chi connectivity index (χ1v) is 3.82. The van der Waals surface area contributed by atoms with E-state index in [0.717, 1.165) is 25.9 Å². The summed E-state index contributed by atoms with van der Waals surface area (Å²) in [5.74, 6) is 0. The first-order chi connectivity index (χ1) is 4.41. The van der Waals surface area contributed by atoms with Gasteiger partial charge in [-0.15, -0.1) is 0 Å². The van der Waals surface area contributed by atoms with Crippen molar-refractivity contribution in [3.8, 4) is 0 Å². The van der Waals surface area contributed by atoms with Gasteiger partial charge >= 0.3 is 0 Å². The van der Waals surface area contributed by atoms with Crippen LogP contribution in [-0.2, 0) is 0 Å². The molecule has 1 N–H and O–H groups in total. The van der Waals surface area contributed by atoms with E-state index in [1.54, 1.807) is 0 Å². The molecule has 1 nitrogen and oxygen atoms in total. The average Bonchev–Trinajstić information content (AvgIpc) is 1.89. The Balaban J connectivity index is 2.60. The Kier molecular flexibility index (Phi) is 7.92. The van der Waals surface area contributed by atoms with Crippen molar-refractivity contribution < 1.29 is 0 Å². The molecule has 0 rings (SSSR count). The van der Waals surface area contributed by atoms with Gasteiger partial charge in [0.1, 0.15) is 0 Å². The molecule has 9 heavy (non-hydrogen) atoms. The van der Waals surface area contributed by atoms with E-state index in [1.807, 2.05) is 0 Å². The van der Waals surface area contributed by atoms with Gasteiger partial charge in [0, 0.05) is 0 Å². The number of nitrogens with one attached hydrogen (secondary N) is 1. The normalized spacial score (nSPS) is 10.0. The predicted molar refractivity (Wildman–Crippen MR) is 41.3 cm³/mol. The van der Waals surface area contributed by atoms with Crippen molar-refractivity contribution in [2.24, 2.45) is 0 Å². The molecule has 54 valence electrons. The zero-order chi connectivity index (χ0) is 6.95. The maximum absolute atomic E-state index is 5.30. The van der Waals surface area contributed by atoms with Crippen LogP contribution in [0, 0.1) is 6.92 Å². The van der Waals surface area contributed by atoms with Crippen molar-refractivity contribution >= 4 is 0 Å². The van der Waals surface area contributed by atoms with Gasteiger partial charge in [-0.1, -0.05) is 13.3 Å². The molecule has 1 heteroatoms. The molecule has 0 bridgehead atoms. The highest BCUT2D eigenvalue weighted by Gasteiger charge is 1.83. The Labute approximate surface area is 58.8 Å². The SMILES string of the molecule is [CH]CCCNCCCC. The fraction of sp³-hybridized carbons (Fsp3) is 0.875. The van der Waals surface area contributed by atoms with Gasteiger partial charge in [-0.05, 0) is 39.3 Å². The first kappa shape index (κ1) is 8.96. The molecule has 0 aromatic rings. The Morgan fingerprint density at radius 1 is 1.22 bits per heavy atom. The lowest BCUT2D eigenvalue weighted by Crippen LogP contribution is -2.15. The standard InChI is InChI=1S/C8H17N/c1-3-5-7-9-8-6-4-2/h1,9H,3-8H2,2H3. The molecule has 0 aromatic carbocycles. The van der Waals surface area contributed by atoms with Gasteiger partial charge in [0.15, 0.2) is 0 Å². The first-order valence-electron chi connectivity index (χ1n) is 3.82. The Hall–Kier alpha value is -0.0400. The molecule has 0 saturated heterocycles. The van der Waals surface area contributed by atoms with Gasteiger partial charge in [-0.25, -0.2) is 0 Å². The van der Waals surface area contributed by atoms with E-state index in [4.69, 9.17) is 6.92 Å². The van der Waals surface area contributed by atoms with Gasteiger partial charge in [-0.3, -0.25) is 0 Å². The van der Waals surface area contributed by atoms with Crippen LogP contribution < -0.4 is 5.32 Å². The summed E-state index contributed by atoms with van der Waals surface area (Å²) in [6.07, 6.45) is 4.46. The van der Waals surface area contributed by atoms with Gasteiger partial charge in [-0.2, -0.15) is 0 Å². The second kappa shape index (κ2) is 7.96. The minimum Gasteiger partial charge on any atom is -0.317 e. The lowest BCUT2D eigenvalue weighted by atomic mass is 10.3. The van der Waals surface area contributed by atoms with Crippen LogP contribution >= 0.6 is 0 Å². The molecular weight excluding hydrogens is 110 g/mol. The zero-order valence-corrected chi connectivity index (χ0v) is 6.32. The maximum atomic E-state index is 5.30. The van der Waals surface area contributed by atoms with Gasteiger partial charge in [0.25, 0.3) is 0 Å². The minimum absolute atomic E-state index is 0.805. The molecule has 0 amide bonds. The van der Waals surface area contributed by atoms with Crippen molar-refractivity contribution in [3.63, 3.8) is 0 Å². The monoisotopic (exact) mass is 127 g/mol. The van der Waals surface area contributed by atoms with E-state index in [0.29, 0.717) is 0 Å². The summed E-state index contributed by atoms with van der Waals surface area (Å²) in [7, 11) is 0. The molecule has 0 aliphatic heterocycles. The van der Waals surface area contributed by atoms with E-state index >= 15 is 0 Å². The molecule has 0 aromatic heterocycles. The summed E-state index contributed by atoms with van der Waals surface area (Å²) in [5, 5.41) is 3.31. The van der Waals surface area contributed by atoms with Crippen LogP contribution in [0.5, 0.6) is 0 Å². The van der Waals surface area contributed by atoms with Crippen LogP contribution in [0.25, 0.3) is 0 Å². The molecule has 0 aliphatic carbocycles. The van der Waals surface area contributed by atoms with Crippen molar-refractivity contribution in [1.29, 1.82) is 0 Å². The molecule has 0 spiro atoms. The average molecular weight is 127 g/mol. The summed E-state index contributed by atoms with van der Waals surface area (Å²) >= 11 is 0. The summed E-state index contributed by atoms with van der Waals surface area (Å²) in [6.45, 7) is 9.73. The van der Waals surface area contributed by atoms with E-state index in [9.17, 15) is 0 Å². The third kappa shape index (κ3) is 7.96. The maximum Gasteiger partial charge on any atom is -0.00488 e. The highest BCUT2D eigenvalue weighted by molar-refractivity contribution is 4.48. The molecular formula is C8H17N. The minimum atomic E-state index is 0.805. The molecule has 0 fully saturated rings. The van der Waals surface area contributed by atoms with Gasteiger partial charge in [0.2, 0.25) is 0 Å². The molecule has 0 heterocycles. The van der Waals surface area contributed by atoms with Crippen LogP contribution in [0.4, 0.5) is 0 Å². The fourth-order valence-corrected chi connectivity index (χ4v) is 0.654. The smallest absolute Gasteiger partial charge is 0.00488 e. The van der Waals surface area contributed by atoms with Crippen LogP contribution in [0.2, 0.25) is 0 Å². The van der Waals surface area contributed by atoms with E-state index in [1.165, 1.54) is 12.8 Å².